The number of hydrogen-bond donors (Lipinski definition) is 2. The number of nitrogens with zero attached hydrogens (tertiary/aromatic N) is 1. The standard InChI is InChI=1S/C17H14F3N3/c18-17(19,20)13-6-3-11(4-7-13)10-23-14-8-5-12-2-1-9-22-16(12)15(14)21/h1-9,23H,10,21H2. The minimum absolute atomic E-state index is 0.376. The van der Waals surface area contributed by atoms with Crippen LogP contribution in [0.25, 0.3) is 10.9 Å². The van der Waals surface area contributed by atoms with Crippen molar-refractivity contribution in [3.05, 3.63) is 65.9 Å². The summed E-state index contributed by atoms with van der Waals surface area (Å²) in [6, 6.07) is 12.5. The first-order chi connectivity index (χ1) is 10.9. The summed E-state index contributed by atoms with van der Waals surface area (Å²) in [7, 11) is 0. The number of hydrogen-bond acceptors (Lipinski definition) is 3. The molecule has 6 heteroatoms. The van der Waals surface area contributed by atoms with Crippen LogP contribution in [-0.4, -0.2) is 4.98 Å². The van der Waals surface area contributed by atoms with Gasteiger partial charge in [-0.15, -0.1) is 0 Å². The van der Waals surface area contributed by atoms with Crippen LogP contribution in [0, 0.1) is 0 Å². The summed E-state index contributed by atoms with van der Waals surface area (Å²) in [5.41, 5.74) is 8.10. The molecule has 0 spiro atoms. The zero-order valence-corrected chi connectivity index (χ0v) is 12.1. The Bertz CT molecular complexity index is 827. The zero-order valence-electron chi connectivity index (χ0n) is 12.1. The summed E-state index contributed by atoms with van der Waals surface area (Å²) in [6.07, 6.45) is -2.65. The lowest BCUT2D eigenvalue weighted by atomic mass is 10.1. The smallest absolute Gasteiger partial charge is 0.395 e. The Labute approximate surface area is 131 Å². The van der Waals surface area contributed by atoms with Crippen molar-refractivity contribution < 1.29 is 13.2 Å². The molecule has 3 nitrogen and oxygen atoms in total. The minimum atomic E-state index is -4.32. The van der Waals surface area contributed by atoms with E-state index in [9.17, 15) is 13.2 Å². The molecule has 0 fully saturated rings. The van der Waals surface area contributed by atoms with E-state index in [1.807, 2.05) is 24.3 Å². The van der Waals surface area contributed by atoms with Gasteiger partial charge in [0, 0.05) is 18.1 Å². The van der Waals surface area contributed by atoms with E-state index in [2.05, 4.69) is 10.3 Å². The number of fused-ring (bicyclic) bond motifs is 1. The number of pyridine rings is 1. The van der Waals surface area contributed by atoms with Crippen molar-refractivity contribution in [3.63, 3.8) is 0 Å². The maximum atomic E-state index is 12.5. The number of nitrogens with two attached hydrogens (primary N) is 1. The van der Waals surface area contributed by atoms with Crippen molar-refractivity contribution in [2.24, 2.45) is 0 Å². The molecule has 0 saturated carbocycles. The number of halogens is 3. The fourth-order valence-electron chi connectivity index (χ4n) is 2.33. The SMILES string of the molecule is Nc1c(NCc2ccc(C(F)(F)F)cc2)ccc2cccnc12. The van der Waals surface area contributed by atoms with Gasteiger partial charge in [-0.25, -0.2) is 0 Å². The Balaban J connectivity index is 1.77. The van der Waals surface area contributed by atoms with E-state index in [-0.39, 0.29) is 0 Å². The molecule has 23 heavy (non-hydrogen) atoms. The maximum absolute atomic E-state index is 12.5. The molecule has 0 amide bonds. The van der Waals surface area contributed by atoms with Gasteiger partial charge in [0.2, 0.25) is 0 Å². The molecule has 0 radical (unpaired) electrons. The highest BCUT2D eigenvalue weighted by atomic mass is 19.4. The zero-order chi connectivity index (χ0) is 16.4. The van der Waals surface area contributed by atoms with Gasteiger partial charge in [-0.2, -0.15) is 13.2 Å². The highest BCUT2D eigenvalue weighted by Gasteiger charge is 2.29. The van der Waals surface area contributed by atoms with E-state index in [1.165, 1.54) is 12.1 Å². The highest BCUT2D eigenvalue weighted by Crippen LogP contribution is 2.30. The Kier molecular flexibility index (Phi) is 3.82. The molecule has 3 rings (SSSR count). The van der Waals surface area contributed by atoms with Crippen molar-refractivity contribution >= 4 is 22.3 Å². The van der Waals surface area contributed by atoms with Gasteiger partial charge < -0.3 is 11.1 Å². The Morgan fingerprint density at radius 1 is 1.00 bits per heavy atom. The molecule has 1 aromatic heterocycles. The van der Waals surface area contributed by atoms with Crippen LogP contribution in [0.1, 0.15) is 11.1 Å². The molecule has 0 aliphatic rings. The van der Waals surface area contributed by atoms with Crippen molar-refractivity contribution in [1.29, 1.82) is 0 Å². The molecule has 3 N–H and O–H groups in total. The normalized spacial score (nSPS) is 11.6. The first kappa shape index (κ1) is 15.1. The Morgan fingerprint density at radius 3 is 2.43 bits per heavy atom. The Hall–Kier alpha value is -2.76. The predicted octanol–water partition coefficient (Wildman–Crippen LogP) is 4.45. The summed E-state index contributed by atoms with van der Waals surface area (Å²) in [5, 5.41) is 4.07. The summed E-state index contributed by atoms with van der Waals surface area (Å²) < 4.78 is 37.6. The lowest BCUT2D eigenvalue weighted by molar-refractivity contribution is -0.137. The third-order valence-corrected chi connectivity index (χ3v) is 3.58. The largest absolute Gasteiger partial charge is 0.416 e. The van der Waals surface area contributed by atoms with Crippen LogP contribution in [0.3, 0.4) is 0 Å². The average molecular weight is 317 g/mol. The molecule has 0 unspecified atom stereocenters. The quantitative estimate of drug-likeness (QED) is 0.702. The topological polar surface area (TPSA) is 50.9 Å². The fourth-order valence-corrected chi connectivity index (χ4v) is 2.33. The van der Waals surface area contributed by atoms with E-state index in [0.29, 0.717) is 23.4 Å². The van der Waals surface area contributed by atoms with Crippen LogP contribution >= 0.6 is 0 Å². The van der Waals surface area contributed by atoms with E-state index < -0.39 is 11.7 Å². The van der Waals surface area contributed by atoms with Gasteiger partial charge in [0.15, 0.2) is 0 Å². The first-order valence-electron chi connectivity index (χ1n) is 6.98. The number of nitrogens with one attached hydrogen (secondary N) is 1. The van der Waals surface area contributed by atoms with Gasteiger partial charge in [-0.05, 0) is 29.8 Å². The molecule has 0 bridgehead atoms. The first-order valence-corrected chi connectivity index (χ1v) is 6.98. The van der Waals surface area contributed by atoms with Crippen LogP contribution in [0.5, 0.6) is 0 Å². The molecular weight excluding hydrogens is 303 g/mol. The van der Waals surface area contributed by atoms with Crippen LogP contribution in [-0.2, 0) is 12.7 Å². The molecule has 0 saturated heterocycles. The van der Waals surface area contributed by atoms with Crippen molar-refractivity contribution in [3.8, 4) is 0 Å². The number of anilines is 2. The van der Waals surface area contributed by atoms with Crippen molar-refractivity contribution in [2.45, 2.75) is 12.7 Å². The number of benzene rings is 2. The van der Waals surface area contributed by atoms with Crippen LogP contribution < -0.4 is 11.1 Å². The number of nitrogen functional groups attached to an aromatic ring is 1. The molecule has 0 aliphatic heterocycles. The molecule has 118 valence electrons. The molecule has 1 heterocycles. The lowest BCUT2D eigenvalue weighted by Gasteiger charge is -2.12. The molecule has 2 aromatic carbocycles. The Morgan fingerprint density at radius 2 is 1.74 bits per heavy atom. The molecule has 0 aliphatic carbocycles. The van der Waals surface area contributed by atoms with Crippen LogP contribution in [0.2, 0.25) is 0 Å². The highest BCUT2D eigenvalue weighted by molar-refractivity contribution is 5.95. The summed E-state index contributed by atoms with van der Waals surface area (Å²) >= 11 is 0. The van der Waals surface area contributed by atoms with E-state index >= 15 is 0 Å². The van der Waals surface area contributed by atoms with Crippen LogP contribution in [0.4, 0.5) is 24.5 Å². The van der Waals surface area contributed by atoms with Gasteiger partial charge in [0.25, 0.3) is 0 Å². The van der Waals surface area contributed by atoms with E-state index in [1.54, 1.807) is 6.20 Å². The van der Waals surface area contributed by atoms with Gasteiger partial charge >= 0.3 is 6.18 Å². The molecule has 3 aromatic rings. The van der Waals surface area contributed by atoms with Gasteiger partial charge in [0.1, 0.15) is 0 Å². The van der Waals surface area contributed by atoms with Gasteiger partial charge in [0.05, 0.1) is 22.5 Å². The molecule has 0 atom stereocenters. The van der Waals surface area contributed by atoms with Crippen molar-refractivity contribution in [1.82, 2.24) is 4.98 Å². The van der Waals surface area contributed by atoms with E-state index in [4.69, 9.17) is 5.73 Å². The summed E-state index contributed by atoms with van der Waals surface area (Å²) in [6.45, 7) is 0.376. The monoisotopic (exact) mass is 317 g/mol. The van der Waals surface area contributed by atoms with Gasteiger partial charge in [-0.3, -0.25) is 4.98 Å². The summed E-state index contributed by atoms with van der Waals surface area (Å²) in [4.78, 5) is 4.25. The third kappa shape index (κ3) is 3.21. The average Bonchev–Trinajstić information content (AvgIpc) is 2.54. The number of aromatic nitrogens is 1. The summed E-state index contributed by atoms with van der Waals surface area (Å²) in [5.74, 6) is 0. The second kappa shape index (κ2) is 5.79. The second-order valence-electron chi connectivity index (χ2n) is 5.15. The molecular formula is C17H14F3N3. The fraction of sp³-hybridized carbons (Fsp3) is 0.118. The lowest BCUT2D eigenvalue weighted by Crippen LogP contribution is -2.06. The predicted molar refractivity (Wildman–Crippen MR) is 84.9 cm³/mol. The minimum Gasteiger partial charge on any atom is -0.395 e. The van der Waals surface area contributed by atoms with Gasteiger partial charge in [-0.1, -0.05) is 24.3 Å². The van der Waals surface area contributed by atoms with E-state index in [0.717, 1.165) is 23.1 Å². The maximum Gasteiger partial charge on any atom is 0.416 e. The van der Waals surface area contributed by atoms with Crippen LogP contribution in [0.15, 0.2) is 54.7 Å². The third-order valence-electron chi connectivity index (χ3n) is 3.58. The van der Waals surface area contributed by atoms with Crippen molar-refractivity contribution in [2.75, 3.05) is 11.1 Å². The number of alkyl halides is 3. The second-order valence-corrected chi connectivity index (χ2v) is 5.15. The number of rotatable bonds is 3.